The highest BCUT2D eigenvalue weighted by molar-refractivity contribution is 7.98. The van der Waals surface area contributed by atoms with Gasteiger partial charge < -0.3 is 10.2 Å². The topological polar surface area (TPSA) is 71.2 Å². The summed E-state index contributed by atoms with van der Waals surface area (Å²) in [6.07, 6.45) is 7.42. The number of fused-ring (bicyclic) bond motifs is 1. The molecule has 0 unspecified atom stereocenters. The van der Waals surface area contributed by atoms with Crippen LogP contribution in [0.2, 0.25) is 0 Å². The molecule has 0 fully saturated rings. The molecule has 0 saturated carbocycles. The van der Waals surface area contributed by atoms with Crippen molar-refractivity contribution in [2.24, 2.45) is 0 Å². The first-order chi connectivity index (χ1) is 11.2. The Kier molecular flexibility index (Phi) is 4.73. The van der Waals surface area contributed by atoms with Gasteiger partial charge in [-0.25, -0.2) is 4.98 Å². The van der Waals surface area contributed by atoms with E-state index in [4.69, 9.17) is 0 Å². The number of rotatable bonds is 6. The van der Waals surface area contributed by atoms with Crippen LogP contribution < -0.4 is 5.32 Å². The van der Waals surface area contributed by atoms with Gasteiger partial charge in [-0.15, -0.1) is 0 Å². The first-order valence-corrected chi connectivity index (χ1v) is 8.46. The van der Waals surface area contributed by atoms with Crippen LogP contribution in [0.4, 0.5) is 5.95 Å². The molecule has 8 heteroatoms. The van der Waals surface area contributed by atoms with Crippen molar-refractivity contribution in [3.63, 3.8) is 0 Å². The summed E-state index contributed by atoms with van der Waals surface area (Å²) in [5.74, 6) is 0.688. The highest BCUT2D eigenvalue weighted by Crippen LogP contribution is 2.19. The molecule has 0 atom stereocenters. The molecule has 0 radical (unpaired) electrons. The van der Waals surface area contributed by atoms with E-state index in [9.17, 15) is 0 Å². The summed E-state index contributed by atoms with van der Waals surface area (Å²) in [5, 5.41) is 8.49. The van der Waals surface area contributed by atoms with Crippen molar-refractivity contribution < 1.29 is 0 Å². The largest absolute Gasteiger partial charge is 0.350 e. The minimum Gasteiger partial charge on any atom is -0.350 e. The van der Waals surface area contributed by atoms with Crippen molar-refractivity contribution in [2.45, 2.75) is 18.2 Å². The number of anilines is 1. The number of hydrogen-bond acceptors (Lipinski definition) is 7. The van der Waals surface area contributed by atoms with Crippen LogP contribution in [0, 0.1) is 0 Å². The van der Waals surface area contributed by atoms with Crippen molar-refractivity contribution in [1.82, 2.24) is 29.5 Å². The van der Waals surface area contributed by atoms with Gasteiger partial charge in [0.05, 0.1) is 6.20 Å². The Bertz CT molecular complexity index is 785. The Morgan fingerprint density at radius 1 is 1.26 bits per heavy atom. The van der Waals surface area contributed by atoms with Crippen molar-refractivity contribution in [3.05, 3.63) is 41.9 Å². The predicted octanol–water partition coefficient (Wildman–Crippen LogP) is 1.91. The van der Waals surface area contributed by atoms with E-state index >= 15 is 0 Å². The van der Waals surface area contributed by atoms with Crippen LogP contribution in [-0.4, -0.2) is 49.8 Å². The van der Waals surface area contributed by atoms with Crippen LogP contribution in [0.1, 0.15) is 11.1 Å². The Morgan fingerprint density at radius 3 is 2.83 bits per heavy atom. The van der Waals surface area contributed by atoms with Crippen molar-refractivity contribution in [3.8, 4) is 0 Å². The van der Waals surface area contributed by atoms with E-state index in [-0.39, 0.29) is 0 Å². The highest BCUT2D eigenvalue weighted by Gasteiger charge is 2.13. The number of nitrogens with one attached hydrogen (secondary N) is 1. The summed E-state index contributed by atoms with van der Waals surface area (Å²) in [5.41, 5.74) is 3.01. The molecule has 0 aliphatic heterocycles. The lowest BCUT2D eigenvalue weighted by molar-refractivity contribution is 0.403. The van der Waals surface area contributed by atoms with Crippen molar-refractivity contribution in [1.29, 1.82) is 0 Å². The molecule has 3 aromatic heterocycles. The van der Waals surface area contributed by atoms with Crippen LogP contribution in [0.15, 0.2) is 35.9 Å². The van der Waals surface area contributed by atoms with Crippen LogP contribution in [0.25, 0.3) is 5.65 Å². The van der Waals surface area contributed by atoms with Gasteiger partial charge in [0, 0.05) is 31.0 Å². The minimum atomic E-state index is 0.636. The zero-order chi connectivity index (χ0) is 16.2. The molecule has 3 rings (SSSR count). The lowest BCUT2D eigenvalue weighted by Gasteiger charge is -2.10. The van der Waals surface area contributed by atoms with Crippen molar-refractivity contribution in [2.75, 3.05) is 25.7 Å². The molecule has 120 valence electrons. The lowest BCUT2D eigenvalue weighted by Crippen LogP contribution is -2.12. The zero-order valence-corrected chi connectivity index (χ0v) is 14.2. The Hall–Kier alpha value is -2.19. The molecule has 0 bridgehead atoms. The first-order valence-electron chi connectivity index (χ1n) is 7.23. The second-order valence-corrected chi connectivity index (χ2v) is 6.17. The van der Waals surface area contributed by atoms with E-state index < -0.39 is 0 Å². The molecule has 0 aliphatic rings. The fourth-order valence-electron chi connectivity index (χ4n) is 2.25. The number of thioether (sulfide) groups is 1. The highest BCUT2D eigenvalue weighted by atomic mass is 32.2. The summed E-state index contributed by atoms with van der Waals surface area (Å²) in [6, 6.07) is 3.94. The van der Waals surface area contributed by atoms with Gasteiger partial charge in [0.1, 0.15) is 0 Å². The van der Waals surface area contributed by atoms with Crippen LogP contribution in [-0.2, 0) is 13.1 Å². The average Bonchev–Trinajstić information content (AvgIpc) is 2.96. The van der Waals surface area contributed by atoms with Gasteiger partial charge >= 0.3 is 0 Å². The second kappa shape index (κ2) is 6.93. The molecule has 1 N–H and O–H groups in total. The second-order valence-electron chi connectivity index (χ2n) is 5.39. The average molecular weight is 329 g/mol. The molecule has 0 aromatic carbocycles. The molecule has 3 aromatic rings. The molecular weight excluding hydrogens is 310 g/mol. The number of aromatic nitrogens is 5. The first kappa shape index (κ1) is 15.7. The van der Waals surface area contributed by atoms with E-state index in [2.05, 4.69) is 30.3 Å². The Morgan fingerprint density at radius 2 is 2.13 bits per heavy atom. The quantitative estimate of drug-likeness (QED) is 0.693. The summed E-state index contributed by atoms with van der Waals surface area (Å²) in [4.78, 5) is 15.4. The van der Waals surface area contributed by atoms with Gasteiger partial charge in [0.2, 0.25) is 5.95 Å². The SMILES string of the molecule is CSc1nc(NCc2cccnc2)n2ncc(CN(C)C)c2n1. The van der Waals surface area contributed by atoms with E-state index in [0.717, 1.165) is 28.5 Å². The molecule has 0 spiro atoms. The number of pyridine rings is 1. The summed E-state index contributed by atoms with van der Waals surface area (Å²) < 4.78 is 1.76. The van der Waals surface area contributed by atoms with Crippen molar-refractivity contribution >= 4 is 23.4 Å². The third-order valence-electron chi connectivity index (χ3n) is 3.26. The third-order valence-corrected chi connectivity index (χ3v) is 3.81. The number of hydrogen-bond donors (Lipinski definition) is 1. The monoisotopic (exact) mass is 329 g/mol. The standard InChI is InChI=1S/C15H19N7S/c1-21(2)10-12-9-18-22-13(12)19-15(23-3)20-14(22)17-8-11-5-4-6-16-7-11/h4-7,9H,8,10H2,1-3H3,(H,17,19,20). The maximum atomic E-state index is 4.60. The normalized spacial score (nSPS) is 11.3. The molecule has 0 aliphatic carbocycles. The lowest BCUT2D eigenvalue weighted by atomic mass is 10.3. The summed E-state index contributed by atoms with van der Waals surface area (Å²) in [7, 11) is 4.06. The molecule has 3 heterocycles. The predicted molar refractivity (Wildman–Crippen MR) is 91.5 cm³/mol. The maximum absolute atomic E-state index is 4.60. The molecule has 0 amide bonds. The molecule has 7 nitrogen and oxygen atoms in total. The van der Waals surface area contributed by atoms with E-state index in [1.807, 2.05) is 44.9 Å². The smallest absolute Gasteiger partial charge is 0.228 e. The minimum absolute atomic E-state index is 0.636. The van der Waals surface area contributed by atoms with Gasteiger partial charge in [-0.3, -0.25) is 4.98 Å². The maximum Gasteiger partial charge on any atom is 0.228 e. The van der Waals surface area contributed by atoms with E-state index in [1.165, 1.54) is 11.8 Å². The fourth-order valence-corrected chi connectivity index (χ4v) is 2.60. The molecule has 0 saturated heterocycles. The van der Waals surface area contributed by atoms with Gasteiger partial charge in [0.15, 0.2) is 10.8 Å². The van der Waals surface area contributed by atoms with Gasteiger partial charge in [-0.05, 0) is 32.0 Å². The van der Waals surface area contributed by atoms with E-state index in [1.54, 1.807) is 10.7 Å². The fraction of sp³-hybridized carbons (Fsp3) is 0.333. The number of nitrogens with zero attached hydrogens (tertiary/aromatic N) is 6. The summed E-state index contributed by atoms with van der Waals surface area (Å²) in [6.45, 7) is 1.42. The van der Waals surface area contributed by atoms with Gasteiger partial charge in [-0.2, -0.15) is 14.6 Å². The third kappa shape index (κ3) is 3.59. The van der Waals surface area contributed by atoms with Crippen LogP contribution in [0.3, 0.4) is 0 Å². The van der Waals surface area contributed by atoms with E-state index in [0.29, 0.717) is 12.5 Å². The van der Waals surface area contributed by atoms with Crippen LogP contribution in [0.5, 0.6) is 0 Å². The van der Waals surface area contributed by atoms with Gasteiger partial charge in [0.25, 0.3) is 0 Å². The van der Waals surface area contributed by atoms with Gasteiger partial charge in [-0.1, -0.05) is 17.8 Å². The summed E-state index contributed by atoms with van der Waals surface area (Å²) >= 11 is 1.52. The zero-order valence-electron chi connectivity index (χ0n) is 13.4. The molecular formula is C15H19N7S. The Balaban J connectivity index is 1.93. The Labute approximate surface area is 139 Å². The van der Waals surface area contributed by atoms with Crippen LogP contribution >= 0.6 is 11.8 Å². The molecule has 23 heavy (non-hydrogen) atoms.